The van der Waals surface area contributed by atoms with Gasteiger partial charge in [0.15, 0.2) is 0 Å². The lowest BCUT2D eigenvalue weighted by Gasteiger charge is -2.27. The predicted molar refractivity (Wildman–Crippen MR) is 66.3 cm³/mol. The zero-order chi connectivity index (χ0) is 11.8. The molecule has 4 heteroatoms. The van der Waals surface area contributed by atoms with Crippen molar-refractivity contribution in [1.82, 2.24) is 10.6 Å². The highest BCUT2D eigenvalue weighted by molar-refractivity contribution is 5.80. The van der Waals surface area contributed by atoms with Crippen molar-refractivity contribution in [2.24, 2.45) is 23.5 Å². The van der Waals surface area contributed by atoms with Crippen LogP contribution >= 0.6 is 0 Å². The lowest BCUT2D eigenvalue weighted by Crippen LogP contribution is -2.47. The maximum Gasteiger partial charge on any atom is 0.225 e. The number of nitrogens with two attached hydrogens (primary N) is 1. The van der Waals surface area contributed by atoms with Crippen LogP contribution in [0.15, 0.2) is 0 Å². The average Bonchev–Trinajstić information content (AvgIpc) is 3.02. The molecule has 3 fully saturated rings. The number of nitrogens with one attached hydrogen (secondary N) is 2. The van der Waals surface area contributed by atoms with Gasteiger partial charge in [0.2, 0.25) is 5.91 Å². The molecular weight excluding hydrogens is 214 g/mol. The highest BCUT2D eigenvalue weighted by Crippen LogP contribution is 2.47. The molecule has 5 unspecified atom stereocenters. The number of rotatable bonds is 3. The van der Waals surface area contributed by atoms with E-state index in [-0.39, 0.29) is 17.9 Å². The summed E-state index contributed by atoms with van der Waals surface area (Å²) in [6.45, 7) is 1.87. The number of carbonyl (C=O) groups is 1. The largest absolute Gasteiger partial charge is 0.354 e. The van der Waals surface area contributed by atoms with Crippen LogP contribution in [0, 0.1) is 17.8 Å². The van der Waals surface area contributed by atoms with E-state index in [4.69, 9.17) is 5.73 Å². The Kier molecular flexibility index (Phi) is 3.09. The van der Waals surface area contributed by atoms with Crippen molar-refractivity contribution in [2.45, 2.75) is 44.2 Å². The molecule has 4 nitrogen and oxygen atoms in total. The molecule has 2 bridgehead atoms. The quantitative estimate of drug-likeness (QED) is 0.658. The normalized spacial score (nSPS) is 44.2. The first kappa shape index (κ1) is 11.5. The summed E-state index contributed by atoms with van der Waals surface area (Å²) in [4.78, 5) is 12.2. The van der Waals surface area contributed by atoms with E-state index in [0.29, 0.717) is 17.9 Å². The average molecular weight is 237 g/mol. The number of carbonyl (C=O) groups excluding carboxylic acids is 1. The Hall–Kier alpha value is -0.610. The zero-order valence-corrected chi connectivity index (χ0v) is 10.3. The monoisotopic (exact) mass is 237 g/mol. The third kappa shape index (κ3) is 2.08. The molecule has 1 aliphatic heterocycles. The van der Waals surface area contributed by atoms with Crippen LogP contribution in [0.25, 0.3) is 0 Å². The van der Waals surface area contributed by atoms with E-state index in [1.54, 1.807) is 0 Å². The third-order valence-electron chi connectivity index (χ3n) is 4.97. The smallest absolute Gasteiger partial charge is 0.225 e. The first-order valence-corrected chi connectivity index (χ1v) is 7.02. The fourth-order valence-corrected chi connectivity index (χ4v) is 4.00. The van der Waals surface area contributed by atoms with Crippen molar-refractivity contribution in [1.29, 1.82) is 0 Å². The second-order valence-electron chi connectivity index (χ2n) is 5.97. The molecule has 0 aromatic rings. The summed E-state index contributed by atoms with van der Waals surface area (Å²) in [5.41, 5.74) is 6.17. The van der Waals surface area contributed by atoms with Gasteiger partial charge in [-0.3, -0.25) is 4.79 Å². The van der Waals surface area contributed by atoms with Crippen molar-refractivity contribution in [3.8, 4) is 0 Å². The molecule has 5 atom stereocenters. The molecule has 3 aliphatic rings. The van der Waals surface area contributed by atoms with E-state index in [1.807, 2.05) is 0 Å². The maximum absolute atomic E-state index is 12.2. The number of hydrogen-bond donors (Lipinski definition) is 3. The van der Waals surface area contributed by atoms with Crippen LogP contribution in [0.5, 0.6) is 0 Å². The summed E-state index contributed by atoms with van der Waals surface area (Å²) in [5, 5.41) is 6.50. The third-order valence-corrected chi connectivity index (χ3v) is 4.97. The maximum atomic E-state index is 12.2. The van der Waals surface area contributed by atoms with E-state index in [2.05, 4.69) is 10.6 Å². The summed E-state index contributed by atoms with van der Waals surface area (Å²) >= 11 is 0. The second kappa shape index (κ2) is 4.58. The number of amides is 1. The van der Waals surface area contributed by atoms with Gasteiger partial charge in [-0.2, -0.15) is 0 Å². The SMILES string of the molecule is NC1C2CCC(C2)C1C(=O)NCC1CCCN1. The van der Waals surface area contributed by atoms with Crippen LogP contribution in [-0.2, 0) is 4.79 Å². The van der Waals surface area contributed by atoms with E-state index in [9.17, 15) is 4.79 Å². The summed E-state index contributed by atoms with van der Waals surface area (Å²) in [7, 11) is 0. The van der Waals surface area contributed by atoms with Gasteiger partial charge in [-0.15, -0.1) is 0 Å². The Balaban J connectivity index is 1.52. The molecule has 1 saturated heterocycles. The minimum absolute atomic E-state index is 0.0927. The Labute approximate surface area is 103 Å². The first-order chi connectivity index (χ1) is 8.25. The molecule has 2 aliphatic carbocycles. The summed E-state index contributed by atoms with van der Waals surface area (Å²) in [6, 6.07) is 0.596. The van der Waals surface area contributed by atoms with Gasteiger partial charge in [0.05, 0.1) is 5.92 Å². The van der Waals surface area contributed by atoms with Gasteiger partial charge >= 0.3 is 0 Å². The second-order valence-corrected chi connectivity index (χ2v) is 5.97. The fraction of sp³-hybridized carbons (Fsp3) is 0.923. The van der Waals surface area contributed by atoms with Gasteiger partial charge in [-0.1, -0.05) is 0 Å². The standard InChI is InChI=1S/C13H23N3O/c14-12-9-4-3-8(6-9)11(12)13(17)16-7-10-2-1-5-15-10/h8-12,15H,1-7,14H2,(H,16,17). The molecule has 0 aromatic carbocycles. The van der Waals surface area contributed by atoms with Crippen molar-refractivity contribution in [2.75, 3.05) is 13.1 Å². The Morgan fingerprint density at radius 1 is 1.29 bits per heavy atom. The number of hydrogen-bond acceptors (Lipinski definition) is 3. The lowest BCUT2D eigenvalue weighted by atomic mass is 9.84. The van der Waals surface area contributed by atoms with Gasteiger partial charge in [0.1, 0.15) is 0 Å². The van der Waals surface area contributed by atoms with Gasteiger partial charge in [0.25, 0.3) is 0 Å². The van der Waals surface area contributed by atoms with Crippen molar-refractivity contribution in [3.05, 3.63) is 0 Å². The van der Waals surface area contributed by atoms with Crippen molar-refractivity contribution >= 4 is 5.91 Å². The Bertz CT molecular complexity index is 299. The minimum Gasteiger partial charge on any atom is -0.354 e. The summed E-state index contributed by atoms with van der Waals surface area (Å²) < 4.78 is 0. The topological polar surface area (TPSA) is 67.2 Å². The van der Waals surface area contributed by atoms with E-state index < -0.39 is 0 Å². The molecule has 96 valence electrons. The molecule has 1 heterocycles. The molecule has 0 radical (unpaired) electrons. The van der Waals surface area contributed by atoms with Gasteiger partial charge in [-0.25, -0.2) is 0 Å². The molecule has 0 spiro atoms. The Morgan fingerprint density at radius 2 is 2.12 bits per heavy atom. The van der Waals surface area contributed by atoms with Gasteiger partial charge in [-0.05, 0) is 50.5 Å². The molecular formula is C13H23N3O. The van der Waals surface area contributed by atoms with Crippen LogP contribution in [0.1, 0.15) is 32.1 Å². The van der Waals surface area contributed by atoms with Gasteiger partial charge < -0.3 is 16.4 Å². The van der Waals surface area contributed by atoms with E-state index in [0.717, 1.165) is 13.1 Å². The van der Waals surface area contributed by atoms with Crippen LogP contribution in [-0.4, -0.2) is 31.1 Å². The predicted octanol–water partition coefficient (Wildman–Crippen LogP) is 0.228. The number of fused-ring (bicyclic) bond motifs is 2. The highest BCUT2D eigenvalue weighted by atomic mass is 16.1. The molecule has 4 N–H and O–H groups in total. The van der Waals surface area contributed by atoms with Crippen LogP contribution in [0.3, 0.4) is 0 Å². The highest BCUT2D eigenvalue weighted by Gasteiger charge is 2.48. The lowest BCUT2D eigenvalue weighted by molar-refractivity contribution is -0.127. The fourth-order valence-electron chi connectivity index (χ4n) is 4.00. The Morgan fingerprint density at radius 3 is 2.76 bits per heavy atom. The van der Waals surface area contributed by atoms with Crippen LogP contribution < -0.4 is 16.4 Å². The summed E-state index contributed by atoms with van der Waals surface area (Å²) in [6.07, 6.45) is 6.04. The molecule has 0 aromatic heterocycles. The van der Waals surface area contributed by atoms with Crippen LogP contribution in [0.2, 0.25) is 0 Å². The minimum atomic E-state index is 0.0927. The molecule has 17 heavy (non-hydrogen) atoms. The zero-order valence-electron chi connectivity index (χ0n) is 10.3. The first-order valence-electron chi connectivity index (χ1n) is 7.02. The molecule has 1 amide bonds. The van der Waals surface area contributed by atoms with E-state index in [1.165, 1.54) is 32.1 Å². The molecule has 3 rings (SSSR count). The summed E-state index contributed by atoms with van der Waals surface area (Å²) in [5.74, 6) is 1.47. The van der Waals surface area contributed by atoms with Crippen molar-refractivity contribution < 1.29 is 4.79 Å². The van der Waals surface area contributed by atoms with Gasteiger partial charge in [0, 0.05) is 18.6 Å². The van der Waals surface area contributed by atoms with Crippen molar-refractivity contribution in [3.63, 3.8) is 0 Å². The van der Waals surface area contributed by atoms with E-state index >= 15 is 0 Å². The molecule has 2 saturated carbocycles. The van der Waals surface area contributed by atoms with Crippen LogP contribution in [0.4, 0.5) is 0 Å².